The average Bonchev–Trinajstić information content (AvgIpc) is 2.44. The Morgan fingerprint density at radius 2 is 1.86 bits per heavy atom. The number of hydrogen-bond donors (Lipinski definition) is 2. The van der Waals surface area contributed by atoms with Crippen molar-refractivity contribution in [3.63, 3.8) is 0 Å². The van der Waals surface area contributed by atoms with Crippen molar-refractivity contribution in [2.45, 2.75) is 10.8 Å². The Morgan fingerprint density at radius 1 is 1.29 bits per heavy atom. The van der Waals surface area contributed by atoms with Crippen molar-refractivity contribution in [2.75, 3.05) is 27.3 Å². The summed E-state index contributed by atoms with van der Waals surface area (Å²) in [5.41, 5.74) is 4.86. The maximum Gasteiger partial charge on any atom is 0.273 e. The highest BCUT2D eigenvalue weighted by molar-refractivity contribution is 9.10. The van der Waals surface area contributed by atoms with Crippen LogP contribution in [0.2, 0.25) is 0 Å². The Kier molecular flexibility index (Phi) is 5.91. The van der Waals surface area contributed by atoms with Crippen molar-refractivity contribution in [3.8, 4) is 11.5 Å². The van der Waals surface area contributed by atoms with Crippen LogP contribution in [0.3, 0.4) is 0 Å². The van der Waals surface area contributed by atoms with Crippen LogP contribution >= 0.6 is 15.9 Å². The van der Waals surface area contributed by atoms with Gasteiger partial charge in [0.2, 0.25) is 10.0 Å². The molecular weight excluding hydrogens is 374 g/mol. The fourth-order valence-corrected chi connectivity index (χ4v) is 3.10. The van der Waals surface area contributed by atoms with E-state index in [0.29, 0.717) is 4.47 Å². The van der Waals surface area contributed by atoms with Crippen molar-refractivity contribution >= 4 is 26.0 Å². The predicted octanol–water partition coefficient (Wildman–Crippen LogP) is 1.34. The van der Waals surface area contributed by atoms with Crippen LogP contribution in [0.25, 0.3) is 0 Å². The Balaban J connectivity index is 3.18. The van der Waals surface area contributed by atoms with Crippen LogP contribution in [0.1, 0.15) is 0 Å². The lowest BCUT2D eigenvalue weighted by molar-refractivity contribution is 0.0170. The van der Waals surface area contributed by atoms with Crippen LogP contribution in [0.4, 0.5) is 8.78 Å². The summed E-state index contributed by atoms with van der Waals surface area (Å²) in [6.45, 7) is -2.07. The molecule has 0 unspecified atom stereocenters. The van der Waals surface area contributed by atoms with Gasteiger partial charge < -0.3 is 15.2 Å². The molecule has 120 valence electrons. The summed E-state index contributed by atoms with van der Waals surface area (Å²) >= 11 is 3.17. The fourth-order valence-electron chi connectivity index (χ4n) is 1.39. The van der Waals surface area contributed by atoms with Crippen molar-refractivity contribution in [2.24, 2.45) is 5.73 Å². The lowest BCUT2D eigenvalue weighted by Crippen LogP contribution is -2.41. The molecule has 0 radical (unpaired) electrons. The Hall–Kier alpha value is -0.970. The third kappa shape index (κ3) is 4.50. The molecule has 0 aliphatic carbocycles. The quantitative estimate of drug-likeness (QED) is 0.735. The minimum absolute atomic E-state index is 0.00811. The summed E-state index contributed by atoms with van der Waals surface area (Å²) in [7, 11) is -1.60. The van der Waals surface area contributed by atoms with Gasteiger partial charge in [0, 0.05) is 6.07 Å². The minimum Gasteiger partial charge on any atom is -0.496 e. The van der Waals surface area contributed by atoms with Gasteiger partial charge in [-0.3, -0.25) is 0 Å². The molecule has 0 aromatic heterocycles. The Labute approximate surface area is 129 Å². The molecule has 0 aliphatic heterocycles. The number of methoxy groups -OCH3 is 2. The topological polar surface area (TPSA) is 90.7 Å². The van der Waals surface area contributed by atoms with E-state index in [4.69, 9.17) is 15.2 Å². The van der Waals surface area contributed by atoms with Gasteiger partial charge in [0.25, 0.3) is 5.92 Å². The van der Waals surface area contributed by atoms with Gasteiger partial charge in [-0.25, -0.2) is 21.9 Å². The molecule has 6 nitrogen and oxygen atoms in total. The summed E-state index contributed by atoms with van der Waals surface area (Å²) in [5.74, 6) is -3.12. The fraction of sp³-hybridized carbons (Fsp3) is 0.455. The first kappa shape index (κ1) is 18.1. The number of alkyl halides is 2. The molecule has 1 rings (SSSR count). The number of halogens is 3. The first-order valence-corrected chi connectivity index (χ1v) is 7.93. The summed E-state index contributed by atoms with van der Waals surface area (Å²) in [5, 5.41) is 0. The zero-order valence-electron chi connectivity index (χ0n) is 11.3. The highest BCUT2D eigenvalue weighted by Crippen LogP contribution is 2.35. The first-order valence-electron chi connectivity index (χ1n) is 5.66. The standard InChI is InChI=1S/C11H15BrF2N2O4S/c1-19-8-4-10(9(20-2)3-7(8)12)21(17,18)16-6-11(13,14)5-15/h3-4,16H,5-6,15H2,1-2H3. The number of benzene rings is 1. The monoisotopic (exact) mass is 388 g/mol. The molecule has 1 aromatic carbocycles. The molecule has 0 saturated carbocycles. The molecule has 0 saturated heterocycles. The van der Waals surface area contributed by atoms with Crippen LogP contribution < -0.4 is 19.9 Å². The molecule has 0 atom stereocenters. The average molecular weight is 389 g/mol. The molecule has 0 spiro atoms. The smallest absolute Gasteiger partial charge is 0.273 e. The molecule has 0 heterocycles. The third-order valence-electron chi connectivity index (χ3n) is 2.55. The summed E-state index contributed by atoms with van der Waals surface area (Å²) < 4.78 is 62.6. The van der Waals surface area contributed by atoms with Crippen LogP contribution in [0.15, 0.2) is 21.5 Å². The Bertz CT molecular complexity index is 610. The third-order valence-corrected chi connectivity index (χ3v) is 4.59. The SMILES string of the molecule is COc1cc(S(=O)(=O)NCC(F)(F)CN)c(OC)cc1Br. The zero-order valence-corrected chi connectivity index (χ0v) is 13.7. The second-order valence-corrected chi connectivity index (χ2v) is 6.61. The van der Waals surface area contributed by atoms with E-state index in [1.165, 1.54) is 26.4 Å². The lowest BCUT2D eigenvalue weighted by Gasteiger charge is -2.17. The largest absolute Gasteiger partial charge is 0.496 e. The summed E-state index contributed by atoms with van der Waals surface area (Å²) in [6, 6.07) is 2.54. The van der Waals surface area contributed by atoms with Gasteiger partial charge in [0.05, 0.1) is 31.8 Å². The van der Waals surface area contributed by atoms with Crippen molar-refractivity contribution < 1.29 is 26.7 Å². The van der Waals surface area contributed by atoms with Gasteiger partial charge in [0.1, 0.15) is 16.4 Å². The van der Waals surface area contributed by atoms with E-state index in [2.05, 4.69) is 15.9 Å². The molecule has 0 amide bonds. The van der Waals surface area contributed by atoms with E-state index in [-0.39, 0.29) is 16.4 Å². The van der Waals surface area contributed by atoms with Gasteiger partial charge in [0.15, 0.2) is 0 Å². The molecule has 21 heavy (non-hydrogen) atoms. The summed E-state index contributed by atoms with van der Waals surface area (Å²) in [4.78, 5) is -0.308. The van der Waals surface area contributed by atoms with Crippen LogP contribution in [0, 0.1) is 0 Å². The van der Waals surface area contributed by atoms with E-state index in [9.17, 15) is 17.2 Å². The molecule has 10 heteroatoms. The van der Waals surface area contributed by atoms with E-state index >= 15 is 0 Å². The molecule has 0 aliphatic rings. The minimum atomic E-state index is -4.21. The van der Waals surface area contributed by atoms with Gasteiger partial charge >= 0.3 is 0 Å². The Morgan fingerprint density at radius 3 is 2.33 bits per heavy atom. The van der Waals surface area contributed by atoms with Crippen LogP contribution in [0.5, 0.6) is 11.5 Å². The summed E-state index contributed by atoms with van der Waals surface area (Å²) in [6.07, 6.45) is 0. The van der Waals surface area contributed by atoms with Crippen molar-refractivity contribution in [3.05, 3.63) is 16.6 Å². The van der Waals surface area contributed by atoms with Crippen molar-refractivity contribution in [1.29, 1.82) is 0 Å². The molecular formula is C11H15BrF2N2O4S. The molecule has 0 fully saturated rings. The highest BCUT2D eigenvalue weighted by Gasteiger charge is 2.31. The van der Waals surface area contributed by atoms with E-state index in [1.54, 1.807) is 4.72 Å². The number of sulfonamides is 1. The predicted molar refractivity (Wildman–Crippen MR) is 76.4 cm³/mol. The maximum atomic E-state index is 13.1. The molecule has 1 aromatic rings. The van der Waals surface area contributed by atoms with E-state index in [1.807, 2.05) is 0 Å². The first-order chi connectivity index (χ1) is 9.66. The molecule has 3 N–H and O–H groups in total. The van der Waals surface area contributed by atoms with Crippen molar-refractivity contribution in [1.82, 2.24) is 4.72 Å². The normalized spacial score (nSPS) is 12.3. The number of nitrogens with one attached hydrogen (secondary N) is 1. The van der Waals surface area contributed by atoms with Gasteiger partial charge in [-0.2, -0.15) is 0 Å². The lowest BCUT2D eigenvalue weighted by atomic mass is 10.3. The van der Waals surface area contributed by atoms with Gasteiger partial charge in [-0.1, -0.05) is 0 Å². The second kappa shape index (κ2) is 6.86. The second-order valence-electron chi connectivity index (χ2n) is 4.02. The molecule has 0 bridgehead atoms. The highest BCUT2D eigenvalue weighted by atomic mass is 79.9. The number of nitrogens with two attached hydrogens (primary N) is 1. The van der Waals surface area contributed by atoms with E-state index < -0.39 is 29.0 Å². The van der Waals surface area contributed by atoms with Crippen LogP contribution in [-0.2, 0) is 10.0 Å². The number of rotatable bonds is 7. The zero-order chi connectivity index (χ0) is 16.3. The number of ether oxygens (including phenoxy) is 2. The van der Waals surface area contributed by atoms with Gasteiger partial charge in [-0.05, 0) is 22.0 Å². The van der Waals surface area contributed by atoms with E-state index in [0.717, 1.165) is 0 Å². The van der Waals surface area contributed by atoms with Gasteiger partial charge in [-0.15, -0.1) is 0 Å². The maximum absolute atomic E-state index is 13.1. The number of hydrogen-bond acceptors (Lipinski definition) is 5. The van der Waals surface area contributed by atoms with Crippen LogP contribution in [-0.4, -0.2) is 41.6 Å².